The lowest BCUT2D eigenvalue weighted by Gasteiger charge is -2.16. The average Bonchev–Trinajstić information content (AvgIpc) is 2.63. The lowest BCUT2D eigenvalue weighted by molar-refractivity contribution is -0.120. The second-order valence-electron chi connectivity index (χ2n) is 5.43. The van der Waals surface area contributed by atoms with E-state index in [2.05, 4.69) is 24.3 Å². The van der Waals surface area contributed by atoms with Gasteiger partial charge in [0.05, 0.1) is 6.20 Å². The summed E-state index contributed by atoms with van der Waals surface area (Å²) in [5.41, 5.74) is 0. The summed E-state index contributed by atoms with van der Waals surface area (Å²) in [5.74, 6) is 1.17. The third kappa shape index (κ3) is 3.12. The van der Waals surface area contributed by atoms with E-state index in [1.807, 2.05) is 10.7 Å². The second kappa shape index (κ2) is 6.03. The molecule has 0 atom stereocenters. The lowest BCUT2D eigenvalue weighted by atomic mass is 9.99. The first-order valence-corrected chi connectivity index (χ1v) is 7.03. The topological polar surface area (TPSA) is 46.9 Å². The molecule has 1 aromatic heterocycles. The molecule has 0 saturated heterocycles. The van der Waals surface area contributed by atoms with Gasteiger partial charge in [-0.05, 0) is 26.7 Å². The fourth-order valence-electron chi connectivity index (χ4n) is 2.59. The summed E-state index contributed by atoms with van der Waals surface area (Å²) in [6, 6.07) is 2.14. The first-order valence-electron chi connectivity index (χ1n) is 7.03. The van der Waals surface area contributed by atoms with Crippen LogP contribution in [0, 0.1) is 5.92 Å². The van der Waals surface area contributed by atoms with Gasteiger partial charge < -0.3 is 5.32 Å². The molecule has 0 aliphatic heterocycles. The molecule has 0 unspecified atom stereocenters. The van der Waals surface area contributed by atoms with Crippen molar-refractivity contribution < 1.29 is 4.79 Å². The zero-order chi connectivity index (χ0) is 13.0. The van der Waals surface area contributed by atoms with Crippen molar-refractivity contribution in [1.29, 1.82) is 0 Å². The number of rotatable bonds is 3. The van der Waals surface area contributed by atoms with Crippen molar-refractivity contribution >= 4 is 11.7 Å². The fraction of sp³-hybridized carbons (Fsp3) is 0.714. The van der Waals surface area contributed by atoms with Gasteiger partial charge in [0, 0.05) is 18.0 Å². The number of amides is 1. The van der Waals surface area contributed by atoms with Crippen molar-refractivity contribution in [2.45, 2.75) is 58.4 Å². The molecule has 18 heavy (non-hydrogen) atoms. The predicted molar refractivity (Wildman–Crippen MR) is 72.4 cm³/mol. The van der Waals surface area contributed by atoms with E-state index in [0.29, 0.717) is 0 Å². The SMILES string of the molecule is CC(C)n1nccc1NC(=O)C1CCCCCC1. The third-order valence-corrected chi connectivity index (χ3v) is 3.64. The largest absolute Gasteiger partial charge is 0.311 e. The number of anilines is 1. The first-order chi connectivity index (χ1) is 8.68. The summed E-state index contributed by atoms with van der Waals surface area (Å²) in [7, 11) is 0. The molecule has 1 saturated carbocycles. The average molecular weight is 249 g/mol. The van der Waals surface area contributed by atoms with Crippen molar-refractivity contribution in [2.75, 3.05) is 5.32 Å². The number of hydrogen-bond acceptors (Lipinski definition) is 2. The highest BCUT2D eigenvalue weighted by Gasteiger charge is 2.21. The monoisotopic (exact) mass is 249 g/mol. The van der Waals surface area contributed by atoms with Gasteiger partial charge in [-0.25, -0.2) is 4.68 Å². The van der Waals surface area contributed by atoms with E-state index < -0.39 is 0 Å². The molecule has 0 bridgehead atoms. The molecular weight excluding hydrogens is 226 g/mol. The van der Waals surface area contributed by atoms with Crippen LogP contribution in [0.2, 0.25) is 0 Å². The van der Waals surface area contributed by atoms with E-state index in [0.717, 1.165) is 18.7 Å². The molecule has 1 heterocycles. The Morgan fingerprint density at radius 3 is 2.61 bits per heavy atom. The van der Waals surface area contributed by atoms with Gasteiger partial charge in [0.15, 0.2) is 0 Å². The molecule has 0 aromatic carbocycles. The zero-order valence-electron chi connectivity index (χ0n) is 11.4. The highest BCUT2D eigenvalue weighted by Crippen LogP contribution is 2.24. The number of nitrogens with zero attached hydrogens (tertiary/aromatic N) is 2. The van der Waals surface area contributed by atoms with Crippen LogP contribution < -0.4 is 5.32 Å². The van der Waals surface area contributed by atoms with Crippen LogP contribution in [0.3, 0.4) is 0 Å². The van der Waals surface area contributed by atoms with Gasteiger partial charge in [-0.15, -0.1) is 0 Å². The van der Waals surface area contributed by atoms with Crippen molar-refractivity contribution in [3.63, 3.8) is 0 Å². The van der Waals surface area contributed by atoms with E-state index in [4.69, 9.17) is 0 Å². The van der Waals surface area contributed by atoms with Crippen LogP contribution in [-0.2, 0) is 4.79 Å². The van der Waals surface area contributed by atoms with Crippen LogP contribution in [0.1, 0.15) is 58.4 Å². The summed E-state index contributed by atoms with van der Waals surface area (Å²) in [6.07, 6.45) is 8.70. The van der Waals surface area contributed by atoms with Gasteiger partial charge in [0.2, 0.25) is 5.91 Å². The Labute approximate surface area is 109 Å². The molecule has 0 radical (unpaired) electrons. The van der Waals surface area contributed by atoms with Crippen molar-refractivity contribution in [2.24, 2.45) is 5.92 Å². The lowest BCUT2D eigenvalue weighted by Crippen LogP contribution is -2.24. The van der Waals surface area contributed by atoms with E-state index in [1.54, 1.807) is 6.20 Å². The van der Waals surface area contributed by atoms with Crippen LogP contribution in [-0.4, -0.2) is 15.7 Å². The maximum Gasteiger partial charge on any atom is 0.228 e. The minimum Gasteiger partial charge on any atom is -0.311 e. The van der Waals surface area contributed by atoms with Gasteiger partial charge in [-0.3, -0.25) is 4.79 Å². The van der Waals surface area contributed by atoms with Gasteiger partial charge in [-0.1, -0.05) is 25.7 Å². The van der Waals surface area contributed by atoms with Crippen LogP contribution in [0.5, 0.6) is 0 Å². The molecule has 1 amide bonds. The Hall–Kier alpha value is -1.32. The molecule has 4 heteroatoms. The van der Waals surface area contributed by atoms with Crippen molar-refractivity contribution in [3.8, 4) is 0 Å². The maximum absolute atomic E-state index is 12.2. The number of nitrogens with one attached hydrogen (secondary N) is 1. The standard InChI is InChI=1S/C14H23N3O/c1-11(2)17-13(9-10-15-17)16-14(18)12-7-5-3-4-6-8-12/h9-12H,3-8H2,1-2H3,(H,16,18). The fourth-order valence-corrected chi connectivity index (χ4v) is 2.59. The van der Waals surface area contributed by atoms with Gasteiger partial charge in [0.25, 0.3) is 0 Å². The number of carbonyl (C=O) groups excluding carboxylic acids is 1. The van der Waals surface area contributed by atoms with E-state index in [1.165, 1.54) is 25.7 Å². The highest BCUT2D eigenvalue weighted by molar-refractivity contribution is 5.91. The Balaban J connectivity index is 1.99. The molecule has 1 N–H and O–H groups in total. The van der Waals surface area contributed by atoms with Crippen molar-refractivity contribution in [3.05, 3.63) is 12.3 Å². The second-order valence-corrected chi connectivity index (χ2v) is 5.43. The number of hydrogen-bond donors (Lipinski definition) is 1. The number of carbonyl (C=O) groups is 1. The first kappa shape index (κ1) is 13.1. The predicted octanol–water partition coefficient (Wildman–Crippen LogP) is 3.37. The summed E-state index contributed by atoms with van der Waals surface area (Å²) in [5, 5.41) is 7.27. The Morgan fingerprint density at radius 1 is 1.33 bits per heavy atom. The molecule has 1 aliphatic rings. The van der Waals surface area contributed by atoms with Crippen LogP contribution in [0.25, 0.3) is 0 Å². The molecule has 1 fully saturated rings. The van der Waals surface area contributed by atoms with Gasteiger partial charge >= 0.3 is 0 Å². The summed E-state index contributed by atoms with van der Waals surface area (Å²) < 4.78 is 1.86. The molecule has 1 aromatic rings. The van der Waals surface area contributed by atoms with E-state index in [-0.39, 0.29) is 17.9 Å². The van der Waals surface area contributed by atoms with E-state index >= 15 is 0 Å². The van der Waals surface area contributed by atoms with Crippen molar-refractivity contribution in [1.82, 2.24) is 9.78 Å². The Morgan fingerprint density at radius 2 is 2.00 bits per heavy atom. The smallest absolute Gasteiger partial charge is 0.228 e. The summed E-state index contributed by atoms with van der Waals surface area (Å²) in [6.45, 7) is 4.13. The highest BCUT2D eigenvalue weighted by atomic mass is 16.2. The molecule has 4 nitrogen and oxygen atoms in total. The van der Waals surface area contributed by atoms with Crippen LogP contribution in [0.15, 0.2) is 12.3 Å². The molecule has 0 spiro atoms. The summed E-state index contributed by atoms with van der Waals surface area (Å²) >= 11 is 0. The zero-order valence-corrected chi connectivity index (χ0v) is 11.4. The van der Waals surface area contributed by atoms with Crippen LogP contribution >= 0.6 is 0 Å². The quantitative estimate of drug-likeness (QED) is 0.835. The molecular formula is C14H23N3O. The third-order valence-electron chi connectivity index (χ3n) is 3.64. The maximum atomic E-state index is 12.2. The molecule has 2 rings (SSSR count). The minimum absolute atomic E-state index is 0.166. The Kier molecular flexibility index (Phi) is 4.39. The minimum atomic E-state index is 0.166. The summed E-state index contributed by atoms with van der Waals surface area (Å²) in [4.78, 5) is 12.2. The molecule has 100 valence electrons. The molecule has 1 aliphatic carbocycles. The number of aromatic nitrogens is 2. The van der Waals surface area contributed by atoms with Gasteiger partial charge in [-0.2, -0.15) is 5.10 Å². The Bertz CT molecular complexity index is 389. The van der Waals surface area contributed by atoms with E-state index in [9.17, 15) is 4.79 Å². The van der Waals surface area contributed by atoms with Gasteiger partial charge in [0.1, 0.15) is 5.82 Å². The normalized spacial score (nSPS) is 17.7. The van der Waals surface area contributed by atoms with Crippen LogP contribution in [0.4, 0.5) is 5.82 Å².